The van der Waals surface area contributed by atoms with Crippen LogP contribution in [0.4, 0.5) is 0 Å². The Balaban J connectivity index is 1.73. The number of carboxylic acids is 1. The number of aromatic amines is 1. The molecule has 0 radical (unpaired) electrons. The summed E-state index contributed by atoms with van der Waals surface area (Å²) < 4.78 is 6.21. The molecule has 28 heavy (non-hydrogen) atoms. The van der Waals surface area contributed by atoms with Gasteiger partial charge in [0.15, 0.2) is 0 Å². The second-order valence-electron chi connectivity index (χ2n) is 7.68. The van der Waals surface area contributed by atoms with Crippen molar-refractivity contribution < 1.29 is 14.6 Å². The van der Waals surface area contributed by atoms with E-state index in [0.29, 0.717) is 0 Å². The van der Waals surface area contributed by atoms with Crippen LogP contribution in [0.15, 0.2) is 42.5 Å². The van der Waals surface area contributed by atoms with Gasteiger partial charge < -0.3 is 14.8 Å². The van der Waals surface area contributed by atoms with Gasteiger partial charge in [-0.1, -0.05) is 37.6 Å². The SMILES string of the molecule is CCc1ccc(-c2[nH]c3ccc(OC4CCCCC4)cc3c2CC(=O)O)cc1. The highest BCUT2D eigenvalue weighted by Crippen LogP contribution is 2.34. The van der Waals surface area contributed by atoms with Gasteiger partial charge in [0.25, 0.3) is 0 Å². The van der Waals surface area contributed by atoms with E-state index in [1.807, 2.05) is 18.2 Å². The van der Waals surface area contributed by atoms with Crippen molar-refractivity contribution in [2.45, 2.75) is 58.0 Å². The Morgan fingerprint density at radius 3 is 2.54 bits per heavy atom. The van der Waals surface area contributed by atoms with Crippen LogP contribution in [0.5, 0.6) is 5.75 Å². The molecule has 0 amide bonds. The van der Waals surface area contributed by atoms with Gasteiger partial charge in [-0.05, 0) is 67.0 Å². The predicted molar refractivity (Wildman–Crippen MR) is 112 cm³/mol. The summed E-state index contributed by atoms with van der Waals surface area (Å²) in [4.78, 5) is 15.0. The van der Waals surface area contributed by atoms with E-state index in [0.717, 1.165) is 52.7 Å². The molecule has 1 aliphatic carbocycles. The maximum Gasteiger partial charge on any atom is 0.307 e. The normalized spacial score (nSPS) is 15.0. The third kappa shape index (κ3) is 3.91. The monoisotopic (exact) mass is 377 g/mol. The quantitative estimate of drug-likeness (QED) is 0.576. The number of fused-ring (bicyclic) bond motifs is 1. The zero-order valence-corrected chi connectivity index (χ0v) is 16.3. The van der Waals surface area contributed by atoms with E-state index >= 15 is 0 Å². The van der Waals surface area contributed by atoms with E-state index in [4.69, 9.17) is 4.74 Å². The molecule has 0 spiro atoms. The molecule has 1 aliphatic rings. The minimum absolute atomic E-state index is 0.0161. The van der Waals surface area contributed by atoms with Gasteiger partial charge >= 0.3 is 5.97 Å². The molecule has 0 aliphatic heterocycles. The van der Waals surface area contributed by atoms with Gasteiger partial charge in [-0.15, -0.1) is 0 Å². The van der Waals surface area contributed by atoms with Gasteiger partial charge in [0.05, 0.1) is 18.2 Å². The number of nitrogens with one attached hydrogen (secondary N) is 1. The number of carbonyl (C=O) groups is 1. The molecule has 4 heteroatoms. The number of benzene rings is 2. The first-order chi connectivity index (χ1) is 13.6. The van der Waals surface area contributed by atoms with Crippen molar-refractivity contribution in [3.63, 3.8) is 0 Å². The van der Waals surface area contributed by atoms with E-state index in [2.05, 4.69) is 36.2 Å². The fourth-order valence-corrected chi connectivity index (χ4v) is 4.16. The summed E-state index contributed by atoms with van der Waals surface area (Å²) in [6, 6.07) is 14.3. The minimum Gasteiger partial charge on any atom is -0.490 e. The second kappa shape index (κ2) is 8.09. The van der Waals surface area contributed by atoms with E-state index in [9.17, 15) is 9.90 Å². The number of hydrogen-bond acceptors (Lipinski definition) is 2. The summed E-state index contributed by atoms with van der Waals surface area (Å²) in [7, 11) is 0. The zero-order chi connectivity index (χ0) is 19.5. The number of aliphatic carboxylic acids is 1. The first-order valence-corrected chi connectivity index (χ1v) is 10.3. The third-order valence-electron chi connectivity index (χ3n) is 5.71. The van der Waals surface area contributed by atoms with Gasteiger partial charge in [-0.3, -0.25) is 4.79 Å². The van der Waals surface area contributed by atoms with Crippen molar-refractivity contribution >= 4 is 16.9 Å². The van der Waals surface area contributed by atoms with Gasteiger partial charge in [-0.25, -0.2) is 0 Å². The van der Waals surface area contributed by atoms with Crippen molar-refractivity contribution in [3.05, 3.63) is 53.6 Å². The Hall–Kier alpha value is -2.75. The highest BCUT2D eigenvalue weighted by Gasteiger charge is 2.19. The maximum absolute atomic E-state index is 11.6. The summed E-state index contributed by atoms with van der Waals surface area (Å²) in [5.74, 6) is 0.00356. The van der Waals surface area contributed by atoms with E-state index in [-0.39, 0.29) is 12.5 Å². The lowest BCUT2D eigenvalue weighted by atomic mass is 9.97. The van der Waals surface area contributed by atoms with Crippen LogP contribution < -0.4 is 4.74 Å². The lowest BCUT2D eigenvalue weighted by molar-refractivity contribution is -0.136. The lowest BCUT2D eigenvalue weighted by Crippen LogP contribution is -2.19. The summed E-state index contributed by atoms with van der Waals surface area (Å²) in [5, 5.41) is 10.4. The molecule has 3 aromatic rings. The molecule has 1 saturated carbocycles. The topological polar surface area (TPSA) is 62.3 Å². The zero-order valence-electron chi connectivity index (χ0n) is 16.3. The molecule has 4 rings (SSSR count). The number of carboxylic acid groups (broad SMARTS) is 1. The molecular weight excluding hydrogens is 350 g/mol. The van der Waals surface area contributed by atoms with Crippen LogP contribution in [0.1, 0.15) is 50.2 Å². The minimum atomic E-state index is -0.828. The van der Waals surface area contributed by atoms with E-state index < -0.39 is 5.97 Å². The number of ether oxygens (including phenoxy) is 1. The fraction of sp³-hybridized carbons (Fsp3) is 0.375. The molecule has 1 heterocycles. The van der Waals surface area contributed by atoms with Crippen molar-refractivity contribution in [1.82, 2.24) is 4.98 Å². The lowest BCUT2D eigenvalue weighted by Gasteiger charge is -2.23. The largest absolute Gasteiger partial charge is 0.490 e. The molecule has 4 nitrogen and oxygen atoms in total. The van der Waals surface area contributed by atoms with Crippen molar-refractivity contribution in [1.29, 1.82) is 0 Å². The van der Waals surface area contributed by atoms with Crippen LogP contribution in [0.2, 0.25) is 0 Å². The molecule has 1 aromatic heterocycles. The molecule has 146 valence electrons. The Morgan fingerprint density at radius 1 is 1.11 bits per heavy atom. The highest BCUT2D eigenvalue weighted by atomic mass is 16.5. The van der Waals surface area contributed by atoms with E-state index in [1.54, 1.807) is 0 Å². The van der Waals surface area contributed by atoms with Crippen molar-refractivity contribution in [2.24, 2.45) is 0 Å². The number of H-pyrrole nitrogens is 1. The average Bonchev–Trinajstić information content (AvgIpc) is 3.06. The molecule has 0 saturated heterocycles. The number of aryl methyl sites for hydroxylation is 1. The van der Waals surface area contributed by atoms with Crippen LogP contribution >= 0.6 is 0 Å². The molecule has 2 aromatic carbocycles. The highest BCUT2D eigenvalue weighted by molar-refractivity contribution is 5.94. The molecule has 0 atom stereocenters. The van der Waals surface area contributed by atoms with Crippen LogP contribution in [0.25, 0.3) is 22.2 Å². The third-order valence-corrected chi connectivity index (χ3v) is 5.71. The Kier molecular flexibility index (Phi) is 5.38. The second-order valence-corrected chi connectivity index (χ2v) is 7.68. The number of rotatable bonds is 6. The first kappa shape index (κ1) is 18.6. The standard InChI is InChI=1S/C24H27NO3/c1-2-16-8-10-17(11-9-16)24-21(15-23(26)27)20-14-19(12-13-22(20)25-24)28-18-6-4-3-5-7-18/h8-14,18,25H,2-7,15H2,1H3,(H,26,27). The van der Waals surface area contributed by atoms with Crippen LogP contribution in [0, 0.1) is 0 Å². The Bertz CT molecular complexity index is 965. The Labute approximate surface area is 165 Å². The van der Waals surface area contributed by atoms with Gasteiger partial charge in [-0.2, -0.15) is 0 Å². The summed E-state index contributed by atoms with van der Waals surface area (Å²) in [5.41, 5.74) is 4.93. The van der Waals surface area contributed by atoms with Gasteiger partial charge in [0.2, 0.25) is 0 Å². The van der Waals surface area contributed by atoms with Crippen LogP contribution in [-0.4, -0.2) is 22.2 Å². The summed E-state index contributed by atoms with van der Waals surface area (Å²) >= 11 is 0. The Morgan fingerprint density at radius 2 is 1.86 bits per heavy atom. The summed E-state index contributed by atoms with van der Waals surface area (Å²) in [6.07, 6.45) is 7.17. The van der Waals surface area contributed by atoms with Crippen LogP contribution in [0.3, 0.4) is 0 Å². The number of hydrogen-bond donors (Lipinski definition) is 2. The maximum atomic E-state index is 11.6. The first-order valence-electron chi connectivity index (χ1n) is 10.3. The summed E-state index contributed by atoms with van der Waals surface area (Å²) in [6.45, 7) is 2.13. The van der Waals surface area contributed by atoms with Crippen molar-refractivity contribution in [3.8, 4) is 17.0 Å². The van der Waals surface area contributed by atoms with Gasteiger partial charge in [0.1, 0.15) is 5.75 Å². The predicted octanol–water partition coefficient (Wildman–Crippen LogP) is 5.74. The fourth-order valence-electron chi connectivity index (χ4n) is 4.16. The van der Waals surface area contributed by atoms with Crippen LogP contribution in [-0.2, 0) is 17.6 Å². The van der Waals surface area contributed by atoms with E-state index in [1.165, 1.54) is 24.8 Å². The smallest absolute Gasteiger partial charge is 0.307 e. The molecule has 0 unspecified atom stereocenters. The molecule has 0 bridgehead atoms. The average molecular weight is 377 g/mol. The molecular formula is C24H27NO3. The molecule has 2 N–H and O–H groups in total. The molecule has 1 fully saturated rings. The van der Waals surface area contributed by atoms with Gasteiger partial charge in [0, 0.05) is 10.9 Å². The number of aromatic nitrogens is 1. The van der Waals surface area contributed by atoms with Crippen molar-refractivity contribution in [2.75, 3.05) is 0 Å².